The van der Waals surface area contributed by atoms with E-state index in [9.17, 15) is 14.0 Å². The number of carbonyl (C=O) groups excluding carboxylic acids is 1. The third-order valence-corrected chi connectivity index (χ3v) is 2.77. The summed E-state index contributed by atoms with van der Waals surface area (Å²) in [4.78, 5) is 22.9. The second-order valence-electron chi connectivity index (χ2n) is 3.53. The summed E-state index contributed by atoms with van der Waals surface area (Å²) in [6, 6.07) is 0.761. The Morgan fingerprint density at radius 3 is 2.89 bits per heavy atom. The van der Waals surface area contributed by atoms with Crippen LogP contribution in [-0.2, 0) is 11.8 Å². The molecular formula is C11H9ClFNO4. The van der Waals surface area contributed by atoms with Crippen LogP contribution in [0, 0.1) is 5.82 Å². The second kappa shape index (κ2) is 4.45. The van der Waals surface area contributed by atoms with Gasteiger partial charge in [-0.15, -0.1) is 0 Å². The molecule has 0 aliphatic rings. The van der Waals surface area contributed by atoms with E-state index in [1.807, 2.05) is 0 Å². The largest absolute Gasteiger partial charge is 0.460 e. The van der Waals surface area contributed by atoms with Gasteiger partial charge in [0.1, 0.15) is 10.5 Å². The number of furan rings is 1. The van der Waals surface area contributed by atoms with Crippen LogP contribution < -0.4 is 5.56 Å². The molecular weight excluding hydrogens is 265 g/mol. The highest BCUT2D eigenvalue weighted by atomic mass is 35.5. The van der Waals surface area contributed by atoms with E-state index in [0.717, 1.165) is 10.6 Å². The standard InChI is InChI=1S/C11H9ClFNO4/c1-3-17-11(16)10-7(12)8-9(18-10)5(13)4-6(15)14(8)2/h4H,3H2,1-2H3. The zero-order chi connectivity index (χ0) is 13.4. The summed E-state index contributed by atoms with van der Waals surface area (Å²) in [5.74, 6) is -1.98. The van der Waals surface area contributed by atoms with Gasteiger partial charge in [0.25, 0.3) is 5.56 Å². The number of hydrogen-bond donors (Lipinski definition) is 0. The first kappa shape index (κ1) is 12.6. The molecule has 0 aromatic carbocycles. The Labute approximate surface area is 106 Å². The van der Waals surface area contributed by atoms with E-state index in [-0.39, 0.29) is 28.5 Å². The number of hydrogen-bond acceptors (Lipinski definition) is 4. The van der Waals surface area contributed by atoms with Crippen LogP contribution in [0.25, 0.3) is 11.1 Å². The van der Waals surface area contributed by atoms with Gasteiger partial charge in [-0.1, -0.05) is 11.6 Å². The molecule has 0 N–H and O–H groups in total. The Balaban J connectivity index is 2.78. The van der Waals surface area contributed by atoms with Gasteiger partial charge in [-0.05, 0) is 6.92 Å². The van der Waals surface area contributed by atoms with Crippen molar-refractivity contribution in [1.82, 2.24) is 4.57 Å². The second-order valence-corrected chi connectivity index (χ2v) is 3.91. The van der Waals surface area contributed by atoms with Crippen molar-refractivity contribution in [2.24, 2.45) is 7.05 Å². The smallest absolute Gasteiger partial charge is 0.375 e. The Morgan fingerprint density at radius 2 is 2.28 bits per heavy atom. The summed E-state index contributed by atoms with van der Waals surface area (Å²) in [6.07, 6.45) is 0. The topological polar surface area (TPSA) is 61.4 Å². The van der Waals surface area contributed by atoms with Crippen molar-refractivity contribution in [2.75, 3.05) is 6.61 Å². The van der Waals surface area contributed by atoms with Gasteiger partial charge in [0.15, 0.2) is 11.4 Å². The maximum atomic E-state index is 13.6. The van der Waals surface area contributed by atoms with Crippen LogP contribution in [0.4, 0.5) is 4.39 Å². The SMILES string of the molecule is CCOC(=O)c1oc2c(F)cc(=O)n(C)c2c1Cl. The lowest BCUT2D eigenvalue weighted by atomic mass is 10.3. The van der Waals surface area contributed by atoms with Crippen molar-refractivity contribution in [3.8, 4) is 0 Å². The summed E-state index contributed by atoms with van der Waals surface area (Å²) in [6.45, 7) is 1.75. The summed E-state index contributed by atoms with van der Waals surface area (Å²) >= 11 is 5.92. The number of rotatable bonds is 2. The van der Waals surface area contributed by atoms with E-state index in [0.29, 0.717) is 0 Å². The maximum absolute atomic E-state index is 13.6. The molecule has 5 nitrogen and oxygen atoms in total. The number of pyridine rings is 1. The van der Waals surface area contributed by atoms with Gasteiger partial charge in [0.2, 0.25) is 5.76 Å². The maximum Gasteiger partial charge on any atom is 0.375 e. The molecule has 2 heterocycles. The van der Waals surface area contributed by atoms with Crippen molar-refractivity contribution >= 4 is 28.7 Å². The first-order valence-electron chi connectivity index (χ1n) is 5.12. The lowest BCUT2D eigenvalue weighted by molar-refractivity contribution is 0.0493. The molecule has 0 fully saturated rings. The first-order valence-corrected chi connectivity index (χ1v) is 5.49. The van der Waals surface area contributed by atoms with Crippen LogP contribution >= 0.6 is 11.6 Å². The summed E-state index contributed by atoms with van der Waals surface area (Å²) in [7, 11) is 1.40. The Morgan fingerprint density at radius 1 is 1.61 bits per heavy atom. The third-order valence-electron chi connectivity index (χ3n) is 2.42. The van der Waals surface area contributed by atoms with Crippen LogP contribution in [0.1, 0.15) is 17.5 Å². The average molecular weight is 274 g/mol. The van der Waals surface area contributed by atoms with Crippen molar-refractivity contribution in [3.05, 3.63) is 33.0 Å². The number of esters is 1. The molecule has 2 aromatic heterocycles. The van der Waals surface area contributed by atoms with Crippen molar-refractivity contribution in [3.63, 3.8) is 0 Å². The molecule has 2 aromatic rings. The van der Waals surface area contributed by atoms with E-state index < -0.39 is 17.3 Å². The highest BCUT2D eigenvalue weighted by Gasteiger charge is 2.24. The van der Waals surface area contributed by atoms with Gasteiger partial charge in [-0.25, -0.2) is 9.18 Å². The number of fused-ring (bicyclic) bond motifs is 1. The molecule has 96 valence electrons. The Hall–Kier alpha value is -1.82. The van der Waals surface area contributed by atoms with E-state index >= 15 is 0 Å². The monoisotopic (exact) mass is 273 g/mol. The predicted octanol–water partition coefficient (Wildman–Crippen LogP) is 2.10. The van der Waals surface area contributed by atoms with E-state index in [2.05, 4.69) is 0 Å². The van der Waals surface area contributed by atoms with Gasteiger partial charge in [-0.3, -0.25) is 4.79 Å². The molecule has 0 amide bonds. The van der Waals surface area contributed by atoms with Gasteiger partial charge in [0.05, 0.1) is 6.61 Å². The molecule has 0 saturated carbocycles. The van der Waals surface area contributed by atoms with E-state index in [4.69, 9.17) is 20.8 Å². The molecule has 0 spiro atoms. The molecule has 7 heteroatoms. The summed E-state index contributed by atoms with van der Waals surface area (Å²) in [5, 5.41) is -0.137. The Bertz CT molecular complexity index is 688. The highest BCUT2D eigenvalue weighted by molar-refractivity contribution is 6.37. The van der Waals surface area contributed by atoms with Gasteiger partial charge < -0.3 is 13.7 Å². The first-order chi connectivity index (χ1) is 8.47. The molecule has 0 radical (unpaired) electrons. The third kappa shape index (κ3) is 1.78. The fourth-order valence-electron chi connectivity index (χ4n) is 1.57. The van der Waals surface area contributed by atoms with Crippen LogP contribution in [0.3, 0.4) is 0 Å². The normalized spacial score (nSPS) is 10.9. The van der Waals surface area contributed by atoms with Crippen LogP contribution in [0.5, 0.6) is 0 Å². The predicted molar refractivity (Wildman–Crippen MR) is 62.4 cm³/mol. The minimum Gasteiger partial charge on any atom is -0.460 e. The highest BCUT2D eigenvalue weighted by Crippen LogP contribution is 2.31. The van der Waals surface area contributed by atoms with E-state index in [1.165, 1.54) is 7.05 Å². The van der Waals surface area contributed by atoms with E-state index in [1.54, 1.807) is 6.92 Å². The van der Waals surface area contributed by atoms with Crippen LogP contribution in [-0.4, -0.2) is 17.1 Å². The lowest BCUT2D eigenvalue weighted by Gasteiger charge is -1.99. The number of ether oxygens (including phenoxy) is 1. The molecule has 2 rings (SSSR count). The van der Waals surface area contributed by atoms with Gasteiger partial charge >= 0.3 is 5.97 Å². The lowest BCUT2D eigenvalue weighted by Crippen LogP contribution is -2.16. The molecule has 0 unspecified atom stereocenters. The number of aryl methyl sites for hydroxylation is 1. The zero-order valence-electron chi connectivity index (χ0n) is 9.62. The fourth-order valence-corrected chi connectivity index (χ4v) is 1.90. The average Bonchev–Trinajstić information content (AvgIpc) is 2.65. The quantitative estimate of drug-likeness (QED) is 0.786. The van der Waals surface area contributed by atoms with Crippen LogP contribution in [0.15, 0.2) is 15.3 Å². The molecule has 0 aliphatic heterocycles. The summed E-state index contributed by atoms with van der Waals surface area (Å²) < 4.78 is 24.4. The number of nitrogens with zero attached hydrogens (tertiary/aromatic N) is 1. The van der Waals surface area contributed by atoms with Gasteiger partial charge in [0, 0.05) is 13.1 Å². The van der Waals surface area contributed by atoms with Gasteiger partial charge in [-0.2, -0.15) is 0 Å². The molecule has 0 saturated heterocycles. The molecule has 0 bridgehead atoms. The minimum atomic E-state index is -0.870. The molecule has 18 heavy (non-hydrogen) atoms. The van der Waals surface area contributed by atoms with Crippen molar-refractivity contribution in [1.29, 1.82) is 0 Å². The summed E-state index contributed by atoms with van der Waals surface area (Å²) in [5.41, 5.74) is -0.798. The number of halogens is 2. The van der Waals surface area contributed by atoms with Crippen LogP contribution in [0.2, 0.25) is 5.02 Å². The molecule has 0 aliphatic carbocycles. The van der Waals surface area contributed by atoms with Crippen molar-refractivity contribution < 1.29 is 18.3 Å². The minimum absolute atomic E-state index is 0.0321. The number of aromatic nitrogens is 1. The van der Waals surface area contributed by atoms with Crippen molar-refractivity contribution in [2.45, 2.75) is 6.92 Å². The zero-order valence-corrected chi connectivity index (χ0v) is 10.4. The fraction of sp³-hybridized carbons (Fsp3) is 0.273. The number of carbonyl (C=O) groups is 1. The molecule has 0 atom stereocenters. The Kier molecular flexibility index (Phi) is 3.13.